The lowest BCUT2D eigenvalue weighted by atomic mass is 9.66. The maximum atomic E-state index is 10.2. The molecule has 0 radical (unpaired) electrons. The summed E-state index contributed by atoms with van der Waals surface area (Å²) in [5.41, 5.74) is -0.456. The Balaban J connectivity index is 2.71. The van der Waals surface area contributed by atoms with E-state index in [0.717, 1.165) is 25.7 Å². The first-order valence-electron chi connectivity index (χ1n) is 6.09. The van der Waals surface area contributed by atoms with Gasteiger partial charge in [0.15, 0.2) is 0 Å². The quantitative estimate of drug-likeness (QED) is 0.776. The monoisotopic (exact) mass is 209 g/mol. The highest BCUT2D eigenvalue weighted by Gasteiger charge is 2.41. The second-order valence-electron chi connectivity index (χ2n) is 5.61. The van der Waals surface area contributed by atoms with Gasteiger partial charge in [-0.3, -0.25) is 0 Å². The average molecular weight is 209 g/mol. The highest BCUT2D eigenvalue weighted by atomic mass is 16.3. The molecule has 1 fully saturated rings. The molecule has 0 aromatic heterocycles. The lowest BCUT2D eigenvalue weighted by Crippen LogP contribution is -2.38. The summed E-state index contributed by atoms with van der Waals surface area (Å²) in [5.74, 6) is 1.04. The summed E-state index contributed by atoms with van der Waals surface area (Å²) in [6.07, 6.45) is 4.35. The van der Waals surface area contributed by atoms with Gasteiger partial charge in [-0.1, -0.05) is 33.6 Å². The molecule has 86 valence electrons. The van der Waals surface area contributed by atoms with Crippen LogP contribution in [0.3, 0.4) is 0 Å². The molecule has 3 atom stereocenters. The molecule has 0 amide bonds. The van der Waals surface area contributed by atoms with Crippen LogP contribution >= 0.6 is 0 Å². The third-order valence-corrected chi connectivity index (χ3v) is 3.59. The van der Waals surface area contributed by atoms with E-state index in [0.29, 0.717) is 11.8 Å². The second-order valence-corrected chi connectivity index (χ2v) is 5.61. The van der Waals surface area contributed by atoms with Gasteiger partial charge in [0, 0.05) is 0 Å². The van der Waals surface area contributed by atoms with Gasteiger partial charge in [0.05, 0.1) is 17.6 Å². The topological polar surface area (TPSA) is 44.0 Å². The van der Waals surface area contributed by atoms with Crippen molar-refractivity contribution in [3.8, 4) is 6.07 Å². The lowest BCUT2D eigenvalue weighted by molar-refractivity contribution is 0.00972. The fraction of sp³-hybridized carbons (Fsp3) is 0.923. The largest absolute Gasteiger partial charge is 0.391 e. The highest BCUT2D eigenvalue weighted by molar-refractivity contribution is 5.06. The van der Waals surface area contributed by atoms with Crippen LogP contribution < -0.4 is 0 Å². The van der Waals surface area contributed by atoms with E-state index >= 15 is 0 Å². The summed E-state index contributed by atoms with van der Waals surface area (Å²) in [7, 11) is 0. The first-order chi connectivity index (χ1) is 7.00. The fourth-order valence-electron chi connectivity index (χ4n) is 2.74. The number of hydrogen-bond donors (Lipinski definition) is 1. The third-order valence-electron chi connectivity index (χ3n) is 3.59. The van der Waals surface area contributed by atoms with Gasteiger partial charge in [-0.15, -0.1) is 0 Å². The summed E-state index contributed by atoms with van der Waals surface area (Å²) in [6, 6.07) is 2.40. The Bertz CT molecular complexity index is 243. The molecule has 1 aliphatic rings. The van der Waals surface area contributed by atoms with E-state index in [2.05, 4.69) is 26.8 Å². The summed E-state index contributed by atoms with van der Waals surface area (Å²) in [5, 5.41) is 19.5. The minimum absolute atomic E-state index is 0.440. The number of hydrogen-bond acceptors (Lipinski definition) is 2. The number of nitrogens with zero attached hydrogens (tertiary/aromatic N) is 1. The number of aliphatic hydroxyl groups excluding tert-OH is 1. The molecule has 0 spiro atoms. The van der Waals surface area contributed by atoms with E-state index < -0.39 is 11.5 Å². The molecule has 1 saturated carbocycles. The van der Waals surface area contributed by atoms with Gasteiger partial charge in [0.1, 0.15) is 0 Å². The number of nitriles is 1. The Hall–Kier alpha value is -0.550. The van der Waals surface area contributed by atoms with Crippen LogP contribution in [-0.2, 0) is 0 Å². The van der Waals surface area contributed by atoms with Gasteiger partial charge in [0.25, 0.3) is 0 Å². The average Bonchev–Trinajstić information content (AvgIpc) is 2.16. The van der Waals surface area contributed by atoms with Crippen molar-refractivity contribution in [3.05, 3.63) is 0 Å². The SMILES string of the molecule is CC(C)CC(O)C1(C#N)CCCC(C)C1. The van der Waals surface area contributed by atoms with Crippen molar-refractivity contribution in [2.24, 2.45) is 17.3 Å². The smallest absolute Gasteiger partial charge is 0.0834 e. The molecule has 0 heterocycles. The molecule has 15 heavy (non-hydrogen) atoms. The highest BCUT2D eigenvalue weighted by Crippen LogP contribution is 2.43. The predicted octanol–water partition coefficient (Wildman–Crippen LogP) is 3.11. The molecule has 0 aliphatic heterocycles. The summed E-state index contributed by atoms with van der Waals surface area (Å²) < 4.78 is 0. The van der Waals surface area contributed by atoms with Gasteiger partial charge in [-0.25, -0.2) is 0 Å². The van der Waals surface area contributed by atoms with E-state index in [-0.39, 0.29) is 0 Å². The molecule has 3 unspecified atom stereocenters. The van der Waals surface area contributed by atoms with Crippen LogP contribution in [0.4, 0.5) is 0 Å². The van der Waals surface area contributed by atoms with E-state index in [1.807, 2.05) is 0 Å². The molecule has 0 aromatic carbocycles. The molecule has 2 heteroatoms. The van der Waals surface area contributed by atoms with Crippen molar-refractivity contribution in [1.82, 2.24) is 0 Å². The number of aliphatic hydroxyl groups is 1. The van der Waals surface area contributed by atoms with Crippen LogP contribution in [0.1, 0.15) is 52.9 Å². The molecule has 0 saturated heterocycles. The Morgan fingerprint density at radius 2 is 2.20 bits per heavy atom. The van der Waals surface area contributed by atoms with E-state index in [1.165, 1.54) is 6.42 Å². The maximum Gasteiger partial charge on any atom is 0.0834 e. The van der Waals surface area contributed by atoms with Crippen molar-refractivity contribution in [1.29, 1.82) is 5.26 Å². The van der Waals surface area contributed by atoms with E-state index in [4.69, 9.17) is 0 Å². The lowest BCUT2D eigenvalue weighted by Gasteiger charge is -2.38. The minimum Gasteiger partial charge on any atom is -0.391 e. The van der Waals surface area contributed by atoms with Gasteiger partial charge < -0.3 is 5.11 Å². The van der Waals surface area contributed by atoms with Crippen LogP contribution in [0.25, 0.3) is 0 Å². The zero-order chi connectivity index (χ0) is 11.5. The van der Waals surface area contributed by atoms with Gasteiger partial charge >= 0.3 is 0 Å². The van der Waals surface area contributed by atoms with Crippen LogP contribution in [0.5, 0.6) is 0 Å². The van der Waals surface area contributed by atoms with Gasteiger partial charge in [-0.05, 0) is 31.1 Å². The predicted molar refractivity (Wildman–Crippen MR) is 61.1 cm³/mol. The van der Waals surface area contributed by atoms with Crippen molar-refractivity contribution in [2.75, 3.05) is 0 Å². The molecule has 2 nitrogen and oxygen atoms in total. The van der Waals surface area contributed by atoms with Crippen LogP contribution in [0.15, 0.2) is 0 Å². The van der Waals surface area contributed by atoms with Gasteiger partial charge in [-0.2, -0.15) is 5.26 Å². The van der Waals surface area contributed by atoms with Crippen molar-refractivity contribution < 1.29 is 5.11 Å². The molecule has 0 bridgehead atoms. The Morgan fingerprint density at radius 1 is 1.53 bits per heavy atom. The molecular weight excluding hydrogens is 186 g/mol. The van der Waals surface area contributed by atoms with Crippen LogP contribution in [0.2, 0.25) is 0 Å². The molecule has 1 N–H and O–H groups in total. The molecule has 0 aromatic rings. The fourth-order valence-corrected chi connectivity index (χ4v) is 2.74. The van der Waals surface area contributed by atoms with E-state index in [9.17, 15) is 10.4 Å². The molecule has 1 rings (SSSR count). The normalized spacial score (nSPS) is 33.7. The Morgan fingerprint density at radius 3 is 2.67 bits per heavy atom. The third kappa shape index (κ3) is 2.95. The molecule has 1 aliphatic carbocycles. The summed E-state index contributed by atoms with van der Waals surface area (Å²) in [4.78, 5) is 0. The first-order valence-corrected chi connectivity index (χ1v) is 6.09. The summed E-state index contributed by atoms with van der Waals surface area (Å²) in [6.45, 7) is 6.38. The second kappa shape index (κ2) is 4.99. The Labute approximate surface area is 93.3 Å². The minimum atomic E-state index is -0.456. The molecular formula is C13H23NO. The zero-order valence-corrected chi connectivity index (χ0v) is 10.2. The first kappa shape index (κ1) is 12.5. The standard InChI is InChI=1S/C13H23NO/c1-10(2)7-12(15)13(9-14)6-4-5-11(3)8-13/h10-12,15H,4-8H2,1-3H3. The Kier molecular flexibility index (Phi) is 4.16. The number of rotatable bonds is 3. The maximum absolute atomic E-state index is 10.2. The van der Waals surface area contributed by atoms with Crippen LogP contribution in [0, 0.1) is 28.6 Å². The van der Waals surface area contributed by atoms with Crippen LogP contribution in [-0.4, -0.2) is 11.2 Å². The van der Waals surface area contributed by atoms with Crippen molar-refractivity contribution in [2.45, 2.75) is 59.0 Å². The van der Waals surface area contributed by atoms with E-state index in [1.54, 1.807) is 0 Å². The van der Waals surface area contributed by atoms with Gasteiger partial charge in [0.2, 0.25) is 0 Å². The zero-order valence-electron chi connectivity index (χ0n) is 10.2. The van der Waals surface area contributed by atoms with Crippen molar-refractivity contribution >= 4 is 0 Å². The van der Waals surface area contributed by atoms with Crippen molar-refractivity contribution in [3.63, 3.8) is 0 Å². The summed E-state index contributed by atoms with van der Waals surface area (Å²) >= 11 is 0.